The van der Waals surface area contributed by atoms with E-state index < -0.39 is 12.0 Å². The quantitative estimate of drug-likeness (QED) is 0.519. The van der Waals surface area contributed by atoms with Crippen molar-refractivity contribution in [1.82, 2.24) is 4.57 Å². The van der Waals surface area contributed by atoms with Crippen LogP contribution in [0.25, 0.3) is 5.57 Å². The Morgan fingerprint density at radius 2 is 1.80 bits per heavy atom. The number of nitrogens with zero attached hydrogens (tertiary/aromatic N) is 3. The van der Waals surface area contributed by atoms with Crippen molar-refractivity contribution in [3.05, 3.63) is 96.7 Å². The van der Waals surface area contributed by atoms with Crippen molar-refractivity contribution in [1.29, 1.82) is 0 Å². The molecule has 0 N–H and O–H groups in total. The van der Waals surface area contributed by atoms with Gasteiger partial charge in [-0.25, -0.2) is 9.79 Å². The number of esters is 1. The summed E-state index contributed by atoms with van der Waals surface area (Å²) in [5.41, 5.74) is 3.19. The van der Waals surface area contributed by atoms with Crippen LogP contribution in [-0.2, 0) is 14.3 Å². The first-order chi connectivity index (χ1) is 17.0. The number of rotatable bonds is 5. The topological polar surface area (TPSA) is 81.0 Å². The van der Waals surface area contributed by atoms with E-state index in [2.05, 4.69) is 11.9 Å². The molecular weight excluding hydrogens is 462 g/mol. The molecule has 5 rings (SSSR count). The van der Waals surface area contributed by atoms with E-state index in [1.807, 2.05) is 54.6 Å². The lowest BCUT2D eigenvalue weighted by Gasteiger charge is -2.24. The van der Waals surface area contributed by atoms with Gasteiger partial charge in [0, 0.05) is 12.1 Å². The number of thiazole rings is 1. The molecule has 1 unspecified atom stereocenters. The average molecular weight is 488 g/mol. The first-order valence-electron chi connectivity index (χ1n) is 11.6. The van der Waals surface area contributed by atoms with E-state index in [1.54, 1.807) is 11.8 Å². The predicted octanol–water partition coefficient (Wildman–Crippen LogP) is 2.93. The molecule has 8 heteroatoms. The molecule has 35 heavy (non-hydrogen) atoms. The van der Waals surface area contributed by atoms with Crippen molar-refractivity contribution >= 4 is 34.5 Å². The van der Waals surface area contributed by atoms with Gasteiger partial charge in [0.2, 0.25) is 0 Å². The maximum absolute atomic E-state index is 14.0. The summed E-state index contributed by atoms with van der Waals surface area (Å²) in [5, 5.41) is 0. The number of unbranched alkanes of at least 4 members (excludes halogenated alkanes) is 1. The summed E-state index contributed by atoms with van der Waals surface area (Å²) in [6.45, 7) is 4.41. The number of para-hydroxylation sites is 1. The Labute approximate surface area is 206 Å². The normalized spacial score (nSPS) is 18.3. The highest BCUT2D eigenvalue weighted by Gasteiger charge is 2.36. The summed E-state index contributed by atoms with van der Waals surface area (Å²) in [5.74, 6) is -0.712. The van der Waals surface area contributed by atoms with Gasteiger partial charge in [0.15, 0.2) is 4.80 Å². The number of ether oxygens (including phenoxy) is 1. The molecule has 1 amide bonds. The lowest BCUT2D eigenvalue weighted by atomic mass is 9.96. The average Bonchev–Trinajstić information content (AvgIpc) is 3.34. The molecular formula is C27H25N3O4S. The molecule has 2 aromatic carbocycles. The minimum Gasteiger partial charge on any atom is -0.466 e. The van der Waals surface area contributed by atoms with Crippen LogP contribution in [0, 0.1) is 0 Å². The number of anilines is 1. The number of hydrogen-bond donors (Lipinski definition) is 0. The van der Waals surface area contributed by atoms with Crippen molar-refractivity contribution in [3.8, 4) is 0 Å². The van der Waals surface area contributed by atoms with E-state index in [4.69, 9.17) is 4.74 Å². The molecule has 0 radical (unpaired) electrons. The molecule has 0 bridgehead atoms. The minimum atomic E-state index is -0.697. The van der Waals surface area contributed by atoms with Crippen LogP contribution >= 0.6 is 11.3 Å². The Kier molecular flexibility index (Phi) is 5.98. The fraction of sp³-hybridized carbons (Fsp3) is 0.259. The third-order valence-electron chi connectivity index (χ3n) is 6.40. The van der Waals surface area contributed by atoms with Gasteiger partial charge in [-0.2, -0.15) is 0 Å². The summed E-state index contributed by atoms with van der Waals surface area (Å²) in [6, 6.07) is 16.2. The lowest BCUT2D eigenvalue weighted by Crippen LogP contribution is -2.40. The van der Waals surface area contributed by atoms with E-state index in [9.17, 15) is 14.4 Å². The number of hydrogen-bond acceptors (Lipinski definition) is 6. The Morgan fingerprint density at radius 3 is 2.51 bits per heavy atom. The van der Waals surface area contributed by atoms with Crippen LogP contribution in [-0.4, -0.2) is 30.1 Å². The number of benzene rings is 2. The SMILES string of the molecule is CCCCN1C(=O)C(=c2sc3n(c2=O)C(c2ccccc2)C(C(=O)OC)=C(C)N=3)c2ccccc21. The molecule has 0 aliphatic carbocycles. The van der Waals surface area contributed by atoms with Gasteiger partial charge in [-0.15, -0.1) is 0 Å². The lowest BCUT2D eigenvalue weighted by molar-refractivity contribution is -0.136. The molecule has 3 heterocycles. The van der Waals surface area contributed by atoms with Crippen LogP contribution in [0.15, 0.2) is 75.7 Å². The molecule has 0 saturated heterocycles. The Hall–Kier alpha value is -3.78. The van der Waals surface area contributed by atoms with Crippen LogP contribution in [0.2, 0.25) is 0 Å². The number of aromatic nitrogens is 1. The number of methoxy groups -OCH3 is 1. The van der Waals surface area contributed by atoms with Crippen molar-refractivity contribution in [2.45, 2.75) is 32.7 Å². The van der Waals surface area contributed by atoms with Gasteiger partial charge >= 0.3 is 5.97 Å². The fourth-order valence-electron chi connectivity index (χ4n) is 4.73. The van der Waals surface area contributed by atoms with Crippen LogP contribution in [0.3, 0.4) is 0 Å². The van der Waals surface area contributed by atoms with Crippen molar-refractivity contribution in [2.75, 3.05) is 18.6 Å². The van der Waals surface area contributed by atoms with E-state index in [0.717, 1.165) is 29.7 Å². The minimum absolute atomic E-state index is 0.176. The van der Waals surface area contributed by atoms with Gasteiger partial charge < -0.3 is 9.64 Å². The number of allylic oxidation sites excluding steroid dienone is 1. The van der Waals surface area contributed by atoms with Gasteiger partial charge in [0.05, 0.1) is 35.7 Å². The maximum atomic E-state index is 14.0. The molecule has 0 spiro atoms. The van der Waals surface area contributed by atoms with E-state index in [-0.39, 0.29) is 11.5 Å². The van der Waals surface area contributed by atoms with Gasteiger partial charge in [0.1, 0.15) is 4.53 Å². The number of fused-ring (bicyclic) bond motifs is 2. The summed E-state index contributed by atoms with van der Waals surface area (Å²) < 4.78 is 6.91. The summed E-state index contributed by atoms with van der Waals surface area (Å²) >= 11 is 1.19. The van der Waals surface area contributed by atoms with Crippen molar-refractivity contribution < 1.29 is 14.3 Å². The largest absolute Gasteiger partial charge is 0.466 e. The zero-order valence-electron chi connectivity index (χ0n) is 19.8. The highest BCUT2D eigenvalue weighted by atomic mass is 32.1. The van der Waals surface area contributed by atoms with Gasteiger partial charge in [-0.3, -0.25) is 14.2 Å². The van der Waals surface area contributed by atoms with Crippen molar-refractivity contribution in [2.24, 2.45) is 4.99 Å². The molecule has 0 fully saturated rings. The Bertz CT molecular complexity index is 1550. The van der Waals surface area contributed by atoms with Gasteiger partial charge in [-0.05, 0) is 25.0 Å². The Morgan fingerprint density at radius 1 is 1.09 bits per heavy atom. The summed E-state index contributed by atoms with van der Waals surface area (Å²) in [6.07, 6.45) is 1.82. The van der Waals surface area contributed by atoms with Gasteiger partial charge in [-0.1, -0.05) is 73.2 Å². The zero-order chi connectivity index (χ0) is 24.7. The standard InChI is InChI=1S/C27H25N3O4S/c1-4-5-15-29-19-14-10-9-13-18(19)21(24(29)31)23-25(32)30-22(17-11-7-6-8-12-17)20(26(33)34-3)16(2)28-27(30)35-23/h6-14,22H,4-5,15H2,1-3H3. The Balaban J connectivity index is 1.80. The fourth-order valence-corrected chi connectivity index (χ4v) is 5.87. The molecule has 3 aromatic rings. The van der Waals surface area contributed by atoms with Crippen molar-refractivity contribution in [3.63, 3.8) is 0 Å². The van der Waals surface area contributed by atoms with Crippen LogP contribution in [0.1, 0.15) is 43.9 Å². The van der Waals surface area contributed by atoms with E-state index in [0.29, 0.717) is 32.7 Å². The summed E-state index contributed by atoms with van der Waals surface area (Å²) in [7, 11) is 1.32. The third kappa shape index (κ3) is 3.65. The number of amides is 1. The second-order valence-corrected chi connectivity index (χ2v) is 9.48. The van der Waals surface area contributed by atoms with E-state index in [1.165, 1.54) is 23.0 Å². The molecule has 2 aliphatic heterocycles. The van der Waals surface area contributed by atoms with Crippen LogP contribution < -0.4 is 19.8 Å². The zero-order valence-corrected chi connectivity index (χ0v) is 20.6. The molecule has 7 nitrogen and oxygen atoms in total. The smallest absolute Gasteiger partial charge is 0.338 e. The molecule has 0 saturated carbocycles. The number of carbonyl (C=O) groups excluding carboxylic acids is 2. The number of carbonyl (C=O) groups is 2. The molecule has 1 atom stereocenters. The highest BCUT2D eigenvalue weighted by Crippen LogP contribution is 2.35. The summed E-state index contributed by atoms with van der Waals surface area (Å²) in [4.78, 5) is 47.2. The monoisotopic (exact) mass is 487 g/mol. The second kappa shape index (κ2) is 9.11. The second-order valence-electron chi connectivity index (χ2n) is 8.51. The maximum Gasteiger partial charge on any atom is 0.338 e. The third-order valence-corrected chi connectivity index (χ3v) is 7.46. The predicted molar refractivity (Wildman–Crippen MR) is 135 cm³/mol. The van der Waals surface area contributed by atoms with Gasteiger partial charge in [0.25, 0.3) is 11.5 Å². The van der Waals surface area contributed by atoms with E-state index >= 15 is 0 Å². The molecule has 2 aliphatic rings. The molecule has 178 valence electrons. The molecule has 1 aromatic heterocycles. The first-order valence-corrected chi connectivity index (χ1v) is 12.4. The van der Waals surface area contributed by atoms with Crippen LogP contribution in [0.5, 0.6) is 0 Å². The highest BCUT2D eigenvalue weighted by molar-refractivity contribution is 7.07. The first kappa shape index (κ1) is 23.0. The van der Waals surface area contributed by atoms with Crippen LogP contribution in [0.4, 0.5) is 5.69 Å².